The summed E-state index contributed by atoms with van der Waals surface area (Å²) in [6.07, 6.45) is 6.21. The number of nitrogens with one attached hydrogen (secondary N) is 1. The van der Waals surface area contributed by atoms with Crippen LogP contribution in [0.15, 0.2) is 0 Å². The zero-order chi connectivity index (χ0) is 13.4. The van der Waals surface area contributed by atoms with Crippen molar-refractivity contribution in [2.24, 2.45) is 11.7 Å². The summed E-state index contributed by atoms with van der Waals surface area (Å²) in [5.74, 6) is 0.507. The largest absolute Gasteiger partial charge is 0.369 e. The van der Waals surface area contributed by atoms with E-state index >= 15 is 0 Å². The maximum atomic E-state index is 11.1. The van der Waals surface area contributed by atoms with Crippen LogP contribution in [0, 0.1) is 5.92 Å². The number of hydrogen-bond donors (Lipinski definition) is 2. The van der Waals surface area contributed by atoms with E-state index in [9.17, 15) is 4.79 Å². The van der Waals surface area contributed by atoms with Crippen LogP contribution in [0.4, 0.5) is 0 Å². The van der Waals surface area contributed by atoms with Crippen molar-refractivity contribution in [3.8, 4) is 0 Å². The zero-order valence-electron chi connectivity index (χ0n) is 12.0. The molecule has 1 saturated heterocycles. The standard InChI is InChI=1S/C14H29N3O/c1-3-5-6-12-8-13(16-7-4-2)10-17(9-12)11-14(15)18/h12-13,16H,3-11H2,1-2H3,(H2,15,18). The molecule has 18 heavy (non-hydrogen) atoms. The summed E-state index contributed by atoms with van der Waals surface area (Å²) in [7, 11) is 0. The number of unbranched alkanes of at least 4 members (excludes halogenated alkanes) is 1. The van der Waals surface area contributed by atoms with Crippen molar-refractivity contribution >= 4 is 5.91 Å². The summed E-state index contributed by atoms with van der Waals surface area (Å²) in [6.45, 7) is 7.89. The Bertz CT molecular complexity index is 229. The van der Waals surface area contributed by atoms with E-state index in [1.165, 1.54) is 25.7 Å². The Morgan fingerprint density at radius 3 is 2.72 bits per heavy atom. The molecule has 2 unspecified atom stereocenters. The van der Waals surface area contributed by atoms with Crippen molar-refractivity contribution in [1.82, 2.24) is 10.2 Å². The number of primary amides is 1. The summed E-state index contributed by atoms with van der Waals surface area (Å²) in [5.41, 5.74) is 5.31. The summed E-state index contributed by atoms with van der Waals surface area (Å²) >= 11 is 0. The molecule has 0 radical (unpaired) electrons. The minimum Gasteiger partial charge on any atom is -0.369 e. The molecule has 106 valence electrons. The molecular weight excluding hydrogens is 226 g/mol. The minimum atomic E-state index is -0.208. The second-order valence-electron chi connectivity index (χ2n) is 5.56. The Labute approximate surface area is 111 Å². The van der Waals surface area contributed by atoms with Crippen LogP contribution in [-0.2, 0) is 4.79 Å². The van der Waals surface area contributed by atoms with Crippen LogP contribution in [0.2, 0.25) is 0 Å². The van der Waals surface area contributed by atoms with Crippen molar-refractivity contribution in [3.05, 3.63) is 0 Å². The topological polar surface area (TPSA) is 58.4 Å². The van der Waals surface area contributed by atoms with E-state index in [0.29, 0.717) is 18.5 Å². The SMILES string of the molecule is CCCCC1CC(NCCC)CN(CC(N)=O)C1. The fourth-order valence-electron chi connectivity index (χ4n) is 2.85. The molecule has 3 N–H and O–H groups in total. The van der Waals surface area contributed by atoms with E-state index in [0.717, 1.165) is 26.1 Å². The highest BCUT2D eigenvalue weighted by Gasteiger charge is 2.26. The van der Waals surface area contributed by atoms with Gasteiger partial charge >= 0.3 is 0 Å². The highest BCUT2D eigenvalue weighted by atomic mass is 16.1. The Morgan fingerprint density at radius 1 is 1.33 bits per heavy atom. The minimum absolute atomic E-state index is 0.208. The van der Waals surface area contributed by atoms with Gasteiger partial charge in [-0.1, -0.05) is 26.7 Å². The smallest absolute Gasteiger partial charge is 0.231 e. The van der Waals surface area contributed by atoms with Gasteiger partial charge in [0.25, 0.3) is 0 Å². The van der Waals surface area contributed by atoms with Crippen molar-refractivity contribution in [2.75, 3.05) is 26.2 Å². The molecule has 4 nitrogen and oxygen atoms in total. The van der Waals surface area contributed by atoms with Crippen LogP contribution in [0.3, 0.4) is 0 Å². The lowest BCUT2D eigenvalue weighted by Gasteiger charge is -2.37. The fourth-order valence-corrected chi connectivity index (χ4v) is 2.85. The normalized spacial score (nSPS) is 25.2. The van der Waals surface area contributed by atoms with Crippen LogP contribution in [0.5, 0.6) is 0 Å². The Morgan fingerprint density at radius 2 is 2.11 bits per heavy atom. The van der Waals surface area contributed by atoms with Crippen molar-refractivity contribution < 1.29 is 4.79 Å². The van der Waals surface area contributed by atoms with Gasteiger partial charge in [0.1, 0.15) is 0 Å². The molecule has 1 amide bonds. The molecule has 1 aliphatic heterocycles. The Hall–Kier alpha value is -0.610. The van der Waals surface area contributed by atoms with E-state index in [-0.39, 0.29) is 5.91 Å². The molecule has 1 fully saturated rings. The van der Waals surface area contributed by atoms with Crippen LogP contribution < -0.4 is 11.1 Å². The lowest BCUT2D eigenvalue weighted by Crippen LogP contribution is -2.51. The molecule has 0 aromatic carbocycles. The lowest BCUT2D eigenvalue weighted by molar-refractivity contribution is -0.119. The van der Waals surface area contributed by atoms with E-state index in [2.05, 4.69) is 24.1 Å². The van der Waals surface area contributed by atoms with Gasteiger partial charge in [-0.3, -0.25) is 9.69 Å². The van der Waals surface area contributed by atoms with Crippen molar-refractivity contribution in [2.45, 2.75) is 52.0 Å². The van der Waals surface area contributed by atoms with Gasteiger partial charge in [0.15, 0.2) is 0 Å². The molecule has 1 rings (SSSR count). The van der Waals surface area contributed by atoms with Gasteiger partial charge in [-0.25, -0.2) is 0 Å². The van der Waals surface area contributed by atoms with Gasteiger partial charge in [-0.05, 0) is 31.7 Å². The zero-order valence-corrected chi connectivity index (χ0v) is 12.0. The number of likely N-dealkylation sites (tertiary alicyclic amines) is 1. The van der Waals surface area contributed by atoms with E-state index in [4.69, 9.17) is 5.73 Å². The molecule has 1 heterocycles. The van der Waals surface area contributed by atoms with Gasteiger partial charge < -0.3 is 11.1 Å². The second-order valence-corrected chi connectivity index (χ2v) is 5.56. The number of piperidine rings is 1. The van der Waals surface area contributed by atoms with Gasteiger partial charge in [0.05, 0.1) is 6.54 Å². The number of amides is 1. The first-order chi connectivity index (χ1) is 8.65. The van der Waals surface area contributed by atoms with Crippen LogP contribution >= 0.6 is 0 Å². The molecular formula is C14H29N3O. The molecule has 1 aliphatic rings. The third-order valence-electron chi connectivity index (χ3n) is 3.64. The van der Waals surface area contributed by atoms with Crippen molar-refractivity contribution in [1.29, 1.82) is 0 Å². The average molecular weight is 255 g/mol. The molecule has 0 saturated carbocycles. The van der Waals surface area contributed by atoms with E-state index in [1.807, 2.05) is 0 Å². The number of carbonyl (C=O) groups is 1. The summed E-state index contributed by atoms with van der Waals surface area (Å²) in [5, 5.41) is 3.59. The Kier molecular flexibility index (Phi) is 7.28. The molecule has 0 bridgehead atoms. The van der Waals surface area contributed by atoms with E-state index in [1.54, 1.807) is 0 Å². The lowest BCUT2D eigenvalue weighted by atomic mass is 9.90. The monoisotopic (exact) mass is 255 g/mol. The number of nitrogens with two attached hydrogens (primary N) is 1. The molecule has 0 aromatic rings. The summed E-state index contributed by atoms with van der Waals surface area (Å²) in [6, 6.07) is 0.528. The number of nitrogens with zero attached hydrogens (tertiary/aromatic N) is 1. The highest BCUT2D eigenvalue weighted by molar-refractivity contribution is 5.75. The third-order valence-corrected chi connectivity index (χ3v) is 3.64. The van der Waals surface area contributed by atoms with Crippen LogP contribution in [0.1, 0.15) is 46.0 Å². The highest BCUT2D eigenvalue weighted by Crippen LogP contribution is 2.22. The maximum Gasteiger partial charge on any atom is 0.231 e. The molecule has 4 heteroatoms. The van der Waals surface area contributed by atoms with Gasteiger partial charge in [-0.2, -0.15) is 0 Å². The predicted octanol–water partition coefficient (Wildman–Crippen LogP) is 1.35. The number of carbonyl (C=O) groups excluding carboxylic acids is 1. The van der Waals surface area contributed by atoms with Crippen LogP contribution in [0.25, 0.3) is 0 Å². The van der Waals surface area contributed by atoms with E-state index < -0.39 is 0 Å². The predicted molar refractivity (Wildman–Crippen MR) is 75.3 cm³/mol. The van der Waals surface area contributed by atoms with Gasteiger partial charge in [0.2, 0.25) is 5.91 Å². The van der Waals surface area contributed by atoms with Gasteiger partial charge in [0, 0.05) is 19.1 Å². The molecule has 0 aliphatic carbocycles. The Balaban J connectivity index is 2.45. The summed E-state index contributed by atoms with van der Waals surface area (Å²) in [4.78, 5) is 13.3. The first-order valence-corrected chi connectivity index (χ1v) is 7.39. The molecule has 0 spiro atoms. The van der Waals surface area contributed by atoms with Crippen LogP contribution in [-0.4, -0.2) is 43.0 Å². The first kappa shape index (κ1) is 15.4. The summed E-state index contributed by atoms with van der Waals surface area (Å²) < 4.78 is 0. The fraction of sp³-hybridized carbons (Fsp3) is 0.929. The maximum absolute atomic E-state index is 11.1. The molecule has 0 aromatic heterocycles. The number of hydrogen-bond acceptors (Lipinski definition) is 3. The second kappa shape index (κ2) is 8.48. The molecule has 2 atom stereocenters. The van der Waals surface area contributed by atoms with Gasteiger partial charge in [-0.15, -0.1) is 0 Å². The van der Waals surface area contributed by atoms with Crippen molar-refractivity contribution in [3.63, 3.8) is 0 Å². The quantitative estimate of drug-likeness (QED) is 0.688. The average Bonchev–Trinajstić information content (AvgIpc) is 2.33. The first-order valence-electron chi connectivity index (χ1n) is 7.39. The third kappa shape index (κ3) is 5.83. The number of rotatable bonds is 8.